The van der Waals surface area contributed by atoms with Gasteiger partial charge in [-0.3, -0.25) is 4.68 Å². The van der Waals surface area contributed by atoms with Crippen LogP contribution >= 0.6 is 0 Å². The number of hydrogen-bond acceptors (Lipinski definition) is 4. The van der Waals surface area contributed by atoms with Crippen LogP contribution in [0.1, 0.15) is 38.1 Å². The molecule has 3 aromatic heterocycles. The second-order valence-electron chi connectivity index (χ2n) is 6.18. The Morgan fingerprint density at radius 1 is 1.35 bits per heavy atom. The van der Waals surface area contributed by atoms with Crippen molar-refractivity contribution in [2.24, 2.45) is 5.92 Å². The first-order valence-electron chi connectivity index (χ1n) is 8.07. The minimum atomic E-state index is 0.174. The molecule has 0 amide bonds. The Morgan fingerprint density at radius 3 is 3.04 bits per heavy atom. The summed E-state index contributed by atoms with van der Waals surface area (Å²) < 4.78 is 1.98. The maximum atomic E-state index is 9.18. The van der Waals surface area contributed by atoms with Crippen molar-refractivity contribution in [3.63, 3.8) is 0 Å². The molecule has 0 radical (unpaired) electrons. The molecule has 1 aliphatic carbocycles. The van der Waals surface area contributed by atoms with Crippen LogP contribution in [0.5, 0.6) is 0 Å². The lowest BCUT2D eigenvalue weighted by molar-refractivity contribution is 0.315. The van der Waals surface area contributed by atoms with Crippen molar-refractivity contribution in [2.45, 2.75) is 38.1 Å². The molecule has 4 rings (SSSR count). The molecule has 116 valence electrons. The Kier molecular flexibility index (Phi) is 3.54. The maximum Gasteiger partial charge on any atom is 0.160 e. The van der Waals surface area contributed by atoms with E-state index >= 15 is 0 Å². The zero-order chi connectivity index (χ0) is 15.6. The molecule has 0 aromatic carbocycles. The van der Waals surface area contributed by atoms with Crippen LogP contribution < -0.4 is 0 Å². The number of rotatable bonds is 4. The molecule has 0 unspecified atom stereocenters. The van der Waals surface area contributed by atoms with Crippen LogP contribution in [-0.2, 0) is 0 Å². The second kappa shape index (κ2) is 5.84. The summed E-state index contributed by atoms with van der Waals surface area (Å²) in [5.74, 6) is 0.560. The largest absolute Gasteiger partial charge is 0.345 e. The maximum absolute atomic E-state index is 9.18. The number of aromatic nitrogens is 5. The first-order valence-corrected chi connectivity index (χ1v) is 8.07. The predicted molar refractivity (Wildman–Crippen MR) is 86.3 cm³/mol. The average molecular weight is 306 g/mol. The predicted octanol–water partition coefficient (Wildman–Crippen LogP) is 3.47. The first-order chi connectivity index (χ1) is 11.4. The van der Waals surface area contributed by atoms with Gasteiger partial charge in [-0.1, -0.05) is 12.8 Å². The number of nitrogens with zero attached hydrogens (tertiary/aromatic N) is 5. The summed E-state index contributed by atoms with van der Waals surface area (Å²) in [5, 5.41) is 22.9. The molecule has 1 aliphatic rings. The van der Waals surface area contributed by atoms with Crippen LogP contribution in [0.25, 0.3) is 22.2 Å². The summed E-state index contributed by atoms with van der Waals surface area (Å²) in [7, 11) is 0. The van der Waals surface area contributed by atoms with Gasteiger partial charge < -0.3 is 4.98 Å². The summed E-state index contributed by atoms with van der Waals surface area (Å²) >= 11 is 0. The Labute approximate surface area is 134 Å². The standard InChI is InChI=1S/C17H18N6/c18-7-5-16(12-3-1-2-4-12)23-11-13(9-21-23)15-10-20-22-17-14(15)6-8-19-17/h6,8-12,16H,1-5H2,(H,19,22)/t16-/m0/s1. The fourth-order valence-electron chi connectivity index (χ4n) is 3.67. The minimum absolute atomic E-state index is 0.174. The van der Waals surface area contributed by atoms with E-state index < -0.39 is 0 Å². The summed E-state index contributed by atoms with van der Waals surface area (Å²) in [5.41, 5.74) is 2.81. The Morgan fingerprint density at radius 2 is 2.22 bits per heavy atom. The summed E-state index contributed by atoms with van der Waals surface area (Å²) in [4.78, 5) is 3.08. The Bertz CT molecular complexity index is 849. The molecular weight excluding hydrogens is 288 g/mol. The van der Waals surface area contributed by atoms with Crippen molar-refractivity contribution in [3.8, 4) is 17.2 Å². The van der Waals surface area contributed by atoms with Crippen molar-refractivity contribution >= 4 is 11.0 Å². The average Bonchev–Trinajstić information content (AvgIpc) is 3.32. The van der Waals surface area contributed by atoms with E-state index in [1.807, 2.05) is 29.3 Å². The van der Waals surface area contributed by atoms with Gasteiger partial charge in [0.15, 0.2) is 5.65 Å². The van der Waals surface area contributed by atoms with Gasteiger partial charge in [0.25, 0.3) is 0 Å². The summed E-state index contributed by atoms with van der Waals surface area (Å²) in [6.07, 6.45) is 13.0. The molecule has 0 aliphatic heterocycles. The van der Waals surface area contributed by atoms with Gasteiger partial charge >= 0.3 is 0 Å². The van der Waals surface area contributed by atoms with Gasteiger partial charge in [-0.05, 0) is 24.8 Å². The van der Waals surface area contributed by atoms with E-state index in [9.17, 15) is 5.26 Å². The molecule has 1 fully saturated rings. The lowest BCUT2D eigenvalue weighted by Gasteiger charge is -2.21. The van der Waals surface area contributed by atoms with Crippen molar-refractivity contribution in [2.75, 3.05) is 0 Å². The van der Waals surface area contributed by atoms with Crippen LogP contribution in [0, 0.1) is 17.2 Å². The third-order valence-corrected chi connectivity index (χ3v) is 4.86. The highest BCUT2D eigenvalue weighted by Crippen LogP contribution is 2.36. The number of aromatic amines is 1. The molecule has 1 saturated carbocycles. The third kappa shape index (κ3) is 2.48. The van der Waals surface area contributed by atoms with E-state index in [0.717, 1.165) is 22.2 Å². The van der Waals surface area contributed by atoms with Crippen molar-refractivity contribution in [3.05, 3.63) is 30.9 Å². The number of nitriles is 1. The van der Waals surface area contributed by atoms with Crippen LogP contribution in [0.2, 0.25) is 0 Å². The Hall–Kier alpha value is -2.68. The lowest BCUT2D eigenvalue weighted by atomic mass is 9.96. The normalized spacial score (nSPS) is 16.7. The molecule has 1 N–H and O–H groups in total. The van der Waals surface area contributed by atoms with Crippen LogP contribution in [-0.4, -0.2) is 25.0 Å². The van der Waals surface area contributed by atoms with Crippen molar-refractivity contribution in [1.82, 2.24) is 25.0 Å². The van der Waals surface area contributed by atoms with Gasteiger partial charge in [0.1, 0.15) is 0 Å². The SMILES string of the molecule is N#CC[C@@H](C1CCCC1)n1cc(-c2cnnc3[nH]ccc23)cn1. The molecular formula is C17H18N6. The number of hydrogen-bond donors (Lipinski definition) is 1. The van der Waals surface area contributed by atoms with Gasteiger partial charge in [0.2, 0.25) is 0 Å². The zero-order valence-electron chi connectivity index (χ0n) is 12.8. The van der Waals surface area contributed by atoms with Crippen molar-refractivity contribution in [1.29, 1.82) is 5.26 Å². The zero-order valence-corrected chi connectivity index (χ0v) is 12.8. The smallest absolute Gasteiger partial charge is 0.160 e. The number of nitrogens with one attached hydrogen (secondary N) is 1. The topological polar surface area (TPSA) is 83.2 Å². The molecule has 1 atom stereocenters. The second-order valence-corrected chi connectivity index (χ2v) is 6.18. The molecule has 3 aromatic rings. The number of H-pyrrole nitrogens is 1. The van der Waals surface area contributed by atoms with E-state index in [1.54, 1.807) is 6.20 Å². The fourth-order valence-corrected chi connectivity index (χ4v) is 3.67. The van der Waals surface area contributed by atoms with Gasteiger partial charge in [-0.15, -0.1) is 5.10 Å². The van der Waals surface area contributed by atoms with E-state index in [0.29, 0.717) is 12.3 Å². The highest BCUT2D eigenvalue weighted by atomic mass is 15.3. The molecule has 0 spiro atoms. The molecule has 0 saturated heterocycles. The molecule has 3 heterocycles. The molecule has 6 heteroatoms. The minimum Gasteiger partial charge on any atom is -0.345 e. The van der Waals surface area contributed by atoms with E-state index in [2.05, 4.69) is 26.3 Å². The molecule has 23 heavy (non-hydrogen) atoms. The quantitative estimate of drug-likeness (QED) is 0.800. The fraction of sp³-hybridized carbons (Fsp3) is 0.412. The summed E-state index contributed by atoms with van der Waals surface area (Å²) in [6.45, 7) is 0. The van der Waals surface area contributed by atoms with E-state index in [-0.39, 0.29) is 6.04 Å². The molecule has 0 bridgehead atoms. The van der Waals surface area contributed by atoms with Gasteiger partial charge in [-0.2, -0.15) is 15.5 Å². The monoisotopic (exact) mass is 306 g/mol. The van der Waals surface area contributed by atoms with Crippen LogP contribution in [0.4, 0.5) is 0 Å². The van der Waals surface area contributed by atoms with Gasteiger partial charge in [0.05, 0.1) is 30.9 Å². The van der Waals surface area contributed by atoms with E-state index in [1.165, 1.54) is 25.7 Å². The molecule has 6 nitrogen and oxygen atoms in total. The van der Waals surface area contributed by atoms with E-state index in [4.69, 9.17) is 0 Å². The number of fused-ring (bicyclic) bond motifs is 1. The van der Waals surface area contributed by atoms with Gasteiger partial charge in [-0.25, -0.2) is 0 Å². The Balaban J connectivity index is 1.70. The first kappa shape index (κ1) is 13.9. The highest BCUT2D eigenvalue weighted by molar-refractivity contribution is 5.91. The highest BCUT2D eigenvalue weighted by Gasteiger charge is 2.27. The lowest BCUT2D eigenvalue weighted by Crippen LogP contribution is -2.17. The third-order valence-electron chi connectivity index (χ3n) is 4.86. The van der Waals surface area contributed by atoms with Crippen LogP contribution in [0.15, 0.2) is 30.9 Å². The van der Waals surface area contributed by atoms with Crippen LogP contribution in [0.3, 0.4) is 0 Å². The van der Waals surface area contributed by atoms with Crippen molar-refractivity contribution < 1.29 is 0 Å². The van der Waals surface area contributed by atoms with Gasteiger partial charge in [0, 0.05) is 28.9 Å². The summed E-state index contributed by atoms with van der Waals surface area (Å²) in [6, 6.07) is 4.50.